The number of carboxylic acid groups (broad SMARTS) is 1. The third-order valence-corrected chi connectivity index (χ3v) is 7.41. The van der Waals surface area contributed by atoms with Gasteiger partial charge in [-0.3, -0.25) is 14.4 Å². The number of likely N-dealkylation sites (tertiary alicyclic amines) is 1. The molecule has 1 saturated heterocycles. The second kappa shape index (κ2) is 28.8. The summed E-state index contributed by atoms with van der Waals surface area (Å²) >= 11 is 1.69. The van der Waals surface area contributed by atoms with Crippen LogP contribution in [0, 0.1) is 11.3 Å². The SMILES string of the molecule is CC.CCC.CCC(C)C(NC(=O)[C@@H]1CCCN1C=O)C(=O)O.CCNC=O.CN[C@H](CN(C)Sc1ccccn1)C(C)(C)C. The lowest BCUT2D eigenvalue weighted by Crippen LogP contribution is -2.51. The monoisotopic (exact) mass is 656 g/mol. The Bertz CT molecular complexity index is 888. The van der Waals surface area contributed by atoms with Crippen molar-refractivity contribution in [2.75, 3.05) is 33.7 Å². The molecule has 45 heavy (non-hydrogen) atoms. The Morgan fingerprint density at radius 2 is 1.78 bits per heavy atom. The minimum Gasteiger partial charge on any atom is -0.480 e. The van der Waals surface area contributed by atoms with Crippen LogP contribution in [0.25, 0.3) is 0 Å². The van der Waals surface area contributed by atoms with E-state index in [1.807, 2.05) is 59.1 Å². The topological polar surface area (TPSA) is 144 Å². The molecule has 3 amide bonds. The van der Waals surface area contributed by atoms with Gasteiger partial charge in [-0.05, 0) is 69.3 Å². The van der Waals surface area contributed by atoms with Gasteiger partial charge in [-0.2, -0.15) is 0 Å². The van der Waals surface area contributed by atoms with Gasteiger partial charge in [0.15, 0.2) is 0 Å². The number of pyridine rings is 1. The minimum atomic E-state index is -1.03. The number of carboxylic acids is 1. The van der Waals surface area contributed by atoms with Crippen LogP contribution in [-0.2, 0) is 19.2 Å². The number of carbonyl (C=O) groups excluding carboxylic acids is 3. The molecular formula is C33H64N6O5S. The number of hydrogen-bond donors (Lipinski definition) is 4. The van der Waals surface area contributed by atoms with Crippen molar-refractivity contribution in [2.45, 2.75) is 118 Å². The third kappa shape index (κ3) is 22.5. The molecule has 0 saturated carbocycles. The predicted molar refractivity (Wildman–Crippen MR) is 187 cm³/mol. The number of hydrogen-bond acceptors (Lipinski definition) is 8. The molecule has 1 aliphatic heterocycles. The molecule has 0 aliphatic carbocycles. The summed E-state index contributed by atoms with van der Waals surface area (Å²) in [6.07, 6.45) is 6.44. The standard InChI is InChI=1S/C13H23N3S.C12H20N2O4.C3H7NO.C3H8.C2H6/c1-13(2,3)11(14-4)10-16(5)17-12-8-6-7-9-15-12;1-3-8(2)10(12(17)18)13-11(16)9-5-4-6-14(9)7-15;1-2-4-3-5;1-3-2;1-2/h6-9,11,14H,10H2,1-5H3;7-10H,3-6H2,1-2H3,(H,13,16)(H,17,18);3H,2H2,1H3,(H,4,5);3H2,1-2H3;1-2H3/t11-;8?,9-,10?;;;/m10.../s1. The second-order valence-corrected chi connectivity index (χ2v) is 12.6. The van der Waals surface area contributed by atoms with Gasteiger partial charge in [0.25, 0.3) is 0 Å². The van der Waals surface area contributed by atoms with Crippen LogP contribution in [0.2, 0.25) is 0 Å². The van der Waals surface area contributed by atoms with E-state index >= 15 is 0 Å². The minimum absolute atomic E-state index is 0.141. The summed E-state index contributed by atoms with van der Waals surface area (Å²) in [5, 5.41) is 18.5. The molecule has 1 aliphatic rings. The van der Waals surface area contributed by atoms with Gasteiger partial charge >= 0.3 is 5.97 Å². The highest BCUT2D eigenvalue weighted by molar-refractivity contribution is 7.96. The lowest BCUT2D eigenvalue weighted by molar-refractivity contribution is -0.144. The van der Waals surface area contributed by atoms with Gasteiger partial charge < -0.3 is 26.0 Å². The summed E-state index contributed by atoms with van der Waals surface area (Å²) < 4.78 is 2.23. The number of likely N-dealkylation sites (N-methyl/N-ethyl adjacent to an activating group) is 2. The normalized spacial score (nSPS) is 15.5. The van der Waals surface area contributed by atoms with E-state index in [0.29, 0.717) is 38.2 Å². The third-order valence-electron chi connectivity index (χ3n) is 6.52. The molecule has 2 heterocycles. The maximum Gasteiger partial charge on any atom is 0.326 e. The molecule has 0 spiro atoms. The number of amides is 3. The van der Waals surface area contributed by atoms with Gasteiger partial charge in [-0.1, -0.05) is 81.2 Å². The van der Waals surface area contributed by atoms with Crippen molar-refractivity contribution in [1.29, 1.82) is 0 Å². The fourth-order valence-electron chi connectivity index (χ4n) is 3.87. The number of aliphatic carboxylic acids is 1. The molecule has 1 aromatic rings. The van der Waals surface area contributed by atoms with Crippen LogP contribution in [0.4, 0.5) is 0 Å². The van der Waals surface area contributed by atoms with E-state index in [9.17, 15) is 19.2 Å². The summed E-state index contributed by atoms with van der Waals surface area (Å²) in [4.78, 5) is 48.9. The first-order valence-corrected chi connectivity index (χ1v) is 16.9. The molecule has 1 aromatic heterocycles. The van der Waals surface area contributed by atoms with E-state index in [1.54, 1.807) is 18.9 Å². The van der Waals surface area contributed by atoms with E-state index < -0.39 is 18.1 Å². The number of aromatic nitrogens is 1. The van der Waals surface area contributed by atoms with Crippen molar-refractivity contribution in [2.24, 2.45) is 11.3 Å². The fraction of sp³-hybridized carbons (Fsp3) is 0.727. The zero-order chi connectivity index (χ0) is 35.4. The largest absolute Gasteiger partial charge is 0.480 e. The average Bonchev–Trinajstić information content (AvgIpc) is 3.50. The van der Waals surface area contributed by atoms with Gasteiger partial charge in [0.1, 0.15) is 17.1 Å². The van der Waals surface area contributed by atoms with Crippen LogP contribution in [0.5, 0.6) is 0 Å². The van der Waals surface area contributed by atoms with Crippen LogP contribution >= 0.6 is 11.9 Å². The number of nitrogens with zero attached hydrogens (tertiary/aromatic N) is 3. The zero-order valence-corrected chi connectivity index (χ0v) is 30.9. The Hall–Kier alpha value is -2.70. The summed E-state index contributed by atoms with van der Waals surface area (Å²) in [5.41, 5.74) is 0.258. The van der Waals surface area contributed by atoms with Crippen molar-refractivity contribution in [3.8, 4) is 0 Å². The number of carbonyl (C=O) groups is 4. The van der Waals surface area contributed by atoms with E-state index in [2.05, 4.69) is 66.9 Å². The molecule has 12 heteroatoms. The van der Waals surface area contributed by atoms with E-state index in [1.165, 1.54) is 11.3 Å². The Morgan fingerprint density at radius 1 is 1.18 bits per heavy atom. The molecule has 4 N–H and O–H groups in total. The molecule has 0 radical (unpaired) electrons. The Labute approximate surface area is 278 Å². The van der Waals surface area contributed by atoms with E-state index in [-0.39, 0.29) is 17.2 Å². The Kier molecular flexibility index (Phi) is 29.8. The van der Waals surface area contributed by atoms with Crippen molar-refractivity contribution in [3.05, 3.63) is 24.4 Å². The van der Waals surface area contributed by atoms with Crippen LogP contribution in [0.3, 0.4) is 0 Å². The van der Waals surface area contributed by atoms with E-state index in [0.717, 1.165) is 24.5 Å². The lowest BCUT2D eigenvalue weighted by Gasteiger charge is -2.33. The summed E-state index contributed by atoms with van der Waals surface area (Å²) in [6, 6.07) is 5.04. The molecule has 11 nitrogen and oxygen atoms in total. The van der Waals surface area contributed by atoms with Gasteiger partial charge in [0, 0.05) is 31.9 Å². The van der Waals surface area contributed by atoms with Gasteiger partial charge in [0.05, 0.1) is 0 Å². The van der Waals surface area contributed by atoms with Crippen molar-refractivity contribution in [3.63, 3.8) is 0 Å². The maximum absolute atomic E-state index is 12.0. The maximum atomic E-state index is 12.0. The number of rotatable bonds is 13. The average molecular weight is 657 g/mol. The summed E-state index contributed by atoms with van der Waals surface area (Å²) in [5.74, 6) is -1.54. The highest BCUT2D eigenvalue weighted by atomic mass is 32.2. The van der Waals surface area contributed by atoms with Crippen molar-refractivity contribution >= 4 is 36.6 Å². The molecule has 2 rings (SSSR count). The van der Waals surface area contributed by atoms with Gasteiger partial charge in [0.2, 0.25) is 18.7 Å². The van der Waals surface area contributed by atoms with Gasteiger partial charge in [-0.15, -0.1) is 0 Å². The predicted octanol–water partition coefficient (Wildman–Crippen LogP) is 5.07. The molecular weight excluding hydrogens is 592 g/mol. The van der Waals surface area contributed by atoms with Gasteiger partial charge in [-0.25, -0.2) is 14.1 Å². The first-order chi connectivity index (χ1) is 21.3. The van der Waals surface area contributed by atoms with E-state index in [4.69, 9.17) is 5.11 Å². The zero-order valence-electron chi connectivity index (χ0n) is 30.1. The van der Waals surface area contributed by atoms with Crippen molar-refractivity contribution in [1.82, 2.24) is 30.1 Å². The van der Waals surface area contributed by atoms with Crippen molar-refractivity contribution < 1.29 is 24.3 Å². The van der Waals surface area contributed by atoms with Crippen LogP contribution in [-0.4, -0.2) is 95.8 Å². The van der Waals surface area contributed by atoms with Crippen LogP contribution in [0.15, 0.2) is 29.4 Å². The Morgan fingerprint density at radius 3 is 2.16 bits per heavy atom. The Balaban J connectivity index is -0.000000607. The first kappa shape index (κ1) is 46.7. The molecule has 0 bridgehead atoms. The summed E-state index contributed by atoms with van der Waals surface area (Å²) in [6.45, 7) is 22.8. The molecule has 0 aromatic carbocycles. The van der Waals surface area contributed by atoms with Crippen LogP contribution < -0.4 is 16.0 Å². The smallest absolute Gasteiger partial charge is 0.326 e. The highest BCUT2D eigenvalue weighted by Gasteiger charge is 2.33. The number of nitrogens with one attached hydrogen (secondary N) is 3. The van der Waals surface area contributed by atoms with Crippen LogP contribution in [0.1, 0.15) is 94.9 Å². The molecule has 4 atom stereocenters. The fourth-order valence-corrected chi connectivity index (χ4v) is 4.66. The quantitative estimate of drug-likeness (QED) is 0.169. The first-order valence-electron chi connectivity index (χ1n) is 16.2. The summed E-state index contributed by atoms with van der Waals surface area (Å²) in [7, 11) is 4.13. The highest BCUT2D eigenvalue weighted by Crippen LogP contribution is 2.24. The molecule has 1 fully saturated rings. The second-order valence-electron chi connectivity index (χ2n) is 11.4. The lowest BCUT2D eigenvalue weighted by atomic mass is 9.87. The molecule has 262 valence electrons. The molecule has 2 unspecified atom stereocenters.